The van der Waals surface area contributed by atoms with Gasteiger partial charge in [0.15, 0.2) is 0 Å². The molecule has 0 aliphatic carbocycles. The smallest absolute Gasteiger partial charge is 0.261 e. The zero-order valence-electron chi connectivity index (χ0n) is 35.2. The highest BCUT2D eigenvalue weighted by atomic mass is 35.5. The number of benzene rings is 2. The summed E-state index contributed by atoms with van der Waals surface area (Å²) in [7, 11) is 6.77. The first kappa shape index (κ1) is 44.4. The van der Waals surface area contributed by atoms with Crippen molar-refractivity contribution in [2.75, 3.05) is 19.5 Å². The van der Waals surface area contributed by atoms with E-state index in [1.165, 1.54) is 0 Å². The van der Waals surface area contributed by atoms with E-state index in [0.29, 0.717) is 68.1 Å². The second kappa shape index (κ2) is 18.7. The summed E-state index contributed by atoms with van der Waals surface area (Å²) in [4.78, 5) is 63.2. The molecule has 0 bridgehead atoms. The normalized spacial score (nSPS) is 11.9. The summed E-state index contributed by atoms with van der Waals surface area (Å²) < 4.78 is 13.7. The number of nitrogens with zero attached hydrogens (tertiary/aromatic N) is 10. The Morgan fingerprint density at radius 3 is 1.64 bits per heavy atom. The number of aromatic nitrogens is 14. The van der Waals surface area contributed by atoms with Gasteiger partial charge in [-0.3, -0.25) is 19.0 Å². The maximum absolute atomic E-state index is 13.1. The first-order valence-electron chi connectivity index (χ1n) is 19.4. The fourth-order valence-corrected chi connectivity index (χ4v) is 7.05. The fourth-order valence-electron chi connectivity index (χ4n) is 6.73. The minimum atomic E-state index is -0.318. The number of aryl methyl sites for hydroxylation is 2. The van der Waals surface area contributed by atoms with Crippen molar-refractivity contribution in [3.05, 3.63) is 123 Å². The van der Waals surface area contributed by atoms with Crippen molar-refractivity contribution in [1.29, 1.82) is 0 Å². The topological polar surface area (TPSA) is 267 Å². The number of methoxy groups -OCH3 is 2. The summed E-state index contributed by atoms with van der Waals surface area (Å²) in [5.74, 6) is 3.52. The van der Waals surface area contributed by atoms with Crippen LogP contribution < -0.4 is 31.6 Å². The highest BCUT2D eigenvalue weighted by molar-refractivity contribution is 6.37. The van der Waals surface area contributed by atoms with Crippen molar-refractivity contribution in [3.8, 4) is 34.3 Å². The van der Waals surface area contributed by atoms with E-state index in [4.69, 9.17) is 26.8 Å². The third kappa shape index (κ3) is 9.09. The van der Waals surface area contributed by atoms with E-state index in [1.807, 2.05) is 44.2 Å². The van der Waals surface area contributed by atoms with Crippen LogP contribution in [0.1, 0.15) is 37.6 Å². The molecule has 2 aromatic carbocycles. The average Bonchev–Trinajstić information content (AvgIpc) is 4.08. The molecule has 22 heteroatoms. The monoisotopic (exact) mass is 904 g/mol. The van der Waals surface area contributed by atoms with Gasteiger partial charge in [-0.15, -0.1) is 12.4 Å². The fraction of sp³-hybridized carbons (Fsp3) is 0.190. The van der Waals surface area contributed by atoms with E-state index in [2.05, 4.69) is 65.4 Å². The van der Waals surface area contributed by atoms with E-state index in [1.54, 1.807) is 93.1 Å². The lowest BCUT2D eigenvalue weighted by Crippen LogP contribution is -2.17. The van der Waals surface area contributed by atoms with Gasteiger partial charge in [0.2, 0.25) is 0 Å². The maximum atomic E-state index is 13.1. The van der Waals surface area contributed by atoms with Crippen molar-refractivity contribution in [2.45, 2.75) is 25.9 Å². The van der Waals surface area contributed by atoms with Gasteiger partial charge in [-0.1, -0.05) is 11.6 Å². The van der Waals surface area contributed by atoms with Gasteiger partial charge in [0.05, 0.1) is 70.1 Å². The number of hydrogen-bond acceptors (Lipinski definition) is 14. The Kier molecular flexibility index (Phi) is 13.0. The number of nitrogens with two attached hydrogens (primary N) is 1. The molecule has 0 spiro atoms. The van der Waals surface area contributed by atoms with Crippen molar-refractivity contribution in [3.63, 3.8) is 0 Å². The summed E-state index contributed by atoms with van der Waals surface area (Å²) in [6.45, 7) is 3.79. The number of imidazole rings is 2. The van der Waals surface area contributed by atoms with Crippen LogP contribution in [0.2, 0.25) is 5.02 Å². The van der Waals surface area contributed by atoms with Gasteiger partial charge >= 0.3 is 0 Å². The van der Waals surface area contributed by atoms with Gasteiger partial charge in [-0.2, -0.15) is 10.2 Å². The standard InChI is InChI=1S/C21H20N8O2.C15H12ClN5O2.C6H9N3.ClH/c1-11(19-22-7-4-8-23-19)24-18-16(21(30)27-15-10-29(2)28-17(15)18)20-25-13-6-5-12(31-3)9-14(13)26-20;1-21-6-10-13(20-21)12(16)11(15(22)19-10)14-17-8-4-3-7(23-2)5-9(8)18-14;1-5(7)6-8-3-2-4-9-6;/h4-11,24H,1-3H3,(H,25,26)(H,27,30);3-6H,1-2H3,(H,17,18)(H,19,22);2-5H,7H2,1H3;1H/t11-;;5-;/m0.0./s1. The molecule has 0 fully saturated rings. The van der Waals surface area contributed by atoms with Crippen molar-refractivity contribution in [1.82, 2.24) is 69.4 Å². The van der Waals surface area contributed by atoms with Crippen molar-refractivity contribution < 1.29 is 9.47 Å². The molecule has 64 heavy (non-hydrogen) atoms. The molecule has 0 saturated heterocycles. The molecule has 7 N–H and O–H groups in total. The number of pyridine rings is 2. The Morgan fingerprint density at radius 1 is 0.672 bits per heavy atom. The lowest BCUT2D eigenvalue weighted by Gasteiger charge is -2.16. The van der Waals surface area contributed by atoms with E-state index in [0.717, 1.165) is 22.1 Å². The number of H-pyrrole nitrogens is 4. The van der Waals surface area contributed by atoms with Gasteiger partial charge in [0.1, 0.15) is 57.0 Å². The van der Waals surface area contributed by atoms with E-state index in [-0.39, 0.29) is 46.2 Å². The Morgan fingerprint density at radius 2 is 1.14 bits per heavy atom. The predicted molar refractivity (Wildman–Crippen MR) is 247 cm³/mol. The summed E-state index contributed by atoms with van der Waals surface area (Å²) in [6, 6.07) is 14.1. The molecule has 10 rings (SSSR count). The maximum Gasteiger partial charge on any atom is 0.261 e. The van der Waals surface area contributed by atoms with E-state index in [9.17, 15) is 9.59 Å². The molecule has 20 nitrogen and oxygen atoms in total. The molecule has 0 radical (unpaired) electrons. The third-order valence-electron chi connectivity index (χ3n) is 9.70. The lowest BCUT2D eigenvalue weighted by molar-refractivity contribution is 0.415. The first-order chi connectivity index (χ1) is 30.4. The molecule has 0 aliphatic heterocycles. The van der Waals surface area contributed by atoms with Crippen LogP contribution in [0.5, 0.6) is 11.5 Å². The minimum Gasteiger partial charge on any atom is -0.497 e. The molecule has 328 valence electrons. The molecule has 10 aromatic rings. The summed E-state index contributed by atoms with van der Waals surface area (Å²) >= 11 is 6.40. The van der Waals surface area contributed by atoms with Crippen LogP contribution in [0.4, 0.5) is 5.69 Å². The summed E-state index contributed by atoms with van der Waals surface area (Å²) in [6.07, 6.45) is 10.2. The Bertz CT molecular complexity index is 3340. The van der Waals surface area contributed by atoms with Crippen molar-refractivity contribution >= 4 is 73.8 Å². The molecule has 0 aliphatic rings. The molecule has 8 heterocycles. The van der Waals surface area contributed by atoms with Gasteiger partial charge in [0, 0.05) is 63.4 Å². The number of nitrogens with one attached hydrogen (secondary N) is 5. The molecule has 8 aromatic heterocycles. The number of fused-ring (bicyclic) bond motifs is 4. The van der Waals surface area contributed by atoms with Crippen LogP contribution in [-0.2, 0) is 14.1 Å². The largest absolute Gasteiger partial charge is 0.497 e. The Labute approximate surface area is 374 Å². The zero-order chi connectivity index (χ0) is 44.4. The second-order valence-electron chi connectivity index (χ2n) is 14.3. The van der Waals surface area contributed by atoms with Crippen LogP contribution in [-0.4, -0.2) is 83.6 Å². The Hall–Kier alpha value is -7.68. The van der Waals surface area contributed by atoms with Crippen LogP contribution >= 0.6 is 24.0 Å². The molecule has 0 saturated carbocycles. The van der Waals surface area contributed by atoms with Crippen molar-refractivity contribution in [2.24, 2.45) is 19.8 Å². The van der Waals surface area contributed by atoms with Gasteiger partial charge < -0.3 is 40.5 Å². The average molecular weight is 906 g/mol. The Balaban J connectivity index is 0.000000163. The van der Waals surface area contributed by atoms with Crippen LogP contribution in [0, 0.1) is 0 Å². The molecular weight excluding hydrogens is 863 g/mol. The molecule has 2 atom stereocenters. The highest BCUT2D eigenvalue weighted by Gasteiger charge is 2.23. The van der Waals surface area contributed by atoms with E-state index >= 15 is 0 Å². The SMILES string of the molecule is COc1ccc2nc(-c3c(Cl)c4nn(C)cc4[nH]c3=O)[nH]c2c1.COc1ccc2nc(-c3c(N[C@@H](C)c4ncccn4)c4nn(C)cc4[nH]c3=O)[nH]c2c1.C[C@H](N)c1ncccn1.Cl. The predicted octanol–water partition coefficient (Wildman–Crippen LogP) is 6.16. The first-order valence-corrected chi connectivity index (χ1v) is 19.8. The van der Waals surface area contributed by atoms with Crippen LogP contribution in [0.15, 0.2) is 95.3 Å². The summed E-state index contributed by atoms with van der Waals surface area (Å²) in [5, 5.41) is 12.5. The quantitative estimate of drug-likeness (QED) is 0.0997. The van der Waals surface area contributed by atoms with Crippen LogP contribution in [0.25, 0.3) is 66.9 Å². The second-order valence-corrected chi connectivity index (χ2v) is 14.7. The number of rotatable bonds is 8. The van der Waals surface area contributed by atoms with Crippen LogP contribution in [0.3, 0.4) is 0 Å². The number of halogens is 2. The number of anilines is 1. The van der Waals surface area contributed by atoms with Gasteiger partial charge in [0.25, 0.3) is 11.1 Å². The highest BCUT2D eigenvalue weighted by Crippen LogP contribution is 2.33. The van der Waals surface area contributed by atoms with E-state index < -0.39 is 0 Å². The number of ether oxygens (including phenoxy) is 2. The molecule has 0 unspecified atom stereocenters. The van der Waals surface area contributed by atoms with Gasteiger partial charge in [-0.05, 0) is 50.2 Å². The lowest BCUT2D eigenvalue weighted by atomic mass is 10.1. The number of aromatic amines is 4. The zero-order valence-corrected chi connectivity index (χ0v) is 36.8. The minimum absolute atomic E-state index is 0. The third-order valence-corrected chi connectivity index (χ3v) is 10.1. The molecule has 0 amide bonds. The number of hydrogen-bond donors (Lipinski definition) is 6. The van der Waals surface area contributed by atoms with Gasteiger partial charge in [-0.25, -0.2) is 29.9 Å². The summed E-state index contributed by atoms with van der Waals surface area (Å²) in [5.41, 5.74) is 11.4. The molecular formula is C42H42Cl2N16O4.